The Kier molecular flexibility index (Phi) is 12.5. The van der Waals surface area contributed by atoms with E-state index in [9.17, 15) is 0 Å². The van der Waals surface area contributed by atoms with Gasteiger partial charge in [0.15, 0.2) is 0 Å². The van der Waals surface area contributed by atoms with E-state index in [4.69, 9.17) is 46.4 Å². The molecule has 0 saturated heterocycles. The molecule has 6 heteroatoms. The highest BCUT2D eigenvalue weighted by Crippen LogP contribution is 2.29. The van der Waals surface area contributed by atoms with Crippen molar-refractivity contribution < 1.29 is 0 Å². The first-order valence-corrected chi connectivity index (χ1v) is 5.55. The molecule has 0 rings (SSSR count). The van der Waals surface area contributed by atoms with Gasteiger partial charge in [0.05, 0.1) is 0 Å². The van der Waals surface area contributed by atoms with Crippen LogP contribution in [0.5, 0.6) is 0 Å². The maximum atomic E-state index is 4.83. The van der Waals surface area contributed by atoms with Gasteiger partial charge in [-0.1, -0.05) is 78.3 Å². The molecule has 9 heavy (non-hydrogen) atoms. The molecule has 0 fully saturated rings. The molecule has 0 aromatic rings. The van der Waals surface area contributed by atoms with Crippen LogP contribution in [0, 0.1) is 0 Å². The molecular formula is C3H4Br2Cl4. The van der Waals surface area contributed by atoms with E-state index in [-0.39, 0.29) is 0 Å². The fourth-order valence-electron chi connectivity index (χ4n) is 0. The van der Waals surface area contributed by atoms with Gasteiger partial charge in [-0.2, -0.15) is 0 Å². The molecule has 0 spiro atoms. The highest BCUT2D eigenvalue weighted by molar-refractivity contribution is 9.11. The maximum absolute atomic E-state index is 4.83. The van der Waals surface area contributed by atoms with Crippen LogP contribution in [0.2, 0.25) is 0 Å². The average molecular weight is 342 g/mol. The lowest BCUT2D eigenvalue weighted by Crippen LogP contribution is -1.81. The molecule has 0 aliphatic heterocycles. The Morgan fingerprint density at radius 2 is 1.00 bits per heavy atom. The summed E-state index contributed by atoms with van der Waals surface area (Å²) < 4.78 is -1.61. The van der Waals surface area contributed by atoms with Crippen LogP contribution in [-0.2, 0) is 0 Å². The van der Waals surface area contributed by atoms with Gasteiger partial charge < -0.3 is 0 Å². The standard InChI is InChI=1S/C2H4Br2.CCl4/c3-1-2-4;2-1(3,4)5/h1-2H2;. The summed E-state index contributed by atoms with van der Waals surface area (Å²) in [6.07, 6.45) is 0. The van der Waals surface area contributed by atoms with E-state index in [1.807, 2.05) is 0 Å². The second kappa shape index (κ2) is 8.22. The minimum Gasteiger partial charge on any atom is -0.0919 e. The fraction of sp³-hybridized carbons (Fsp3) is 1.00. The number of halogens is 6. The van der Waals surface area contributed by atoms with Crippen LogP contribution < -0.4 is 0 Å². The minimum atomic E-state index is -1.61. The number of hydrogen-bond donors (Lipinski definition) is 0. The van der Waals surface area contributed by atoms with Gasteiger partial charge in [0.1, 0.15) is 0 Å². The highest BCUT2D eigenvalue weighted by atomic mass is 79.9. The molecular weight excluding hydrogens is 338 g/mol. The van der Waals surface area contributed by atoms with Crippen molar-refractivity contribution >= 4 is 78.3 Å². The van der Waals surface area contributed by atoms with E-state index in [0.717, 1.165) is 10.7 Å². The largest absolute Gasteiger partial charge is 0.266 e. The molecule has 0 aliphatic carbocycles. The Morgan fingerprint density at radius 3 is 1.00 bits per heavy atom. The SMILES string of the molecule is BrCCBr.ClC(Cl)(Cl)Cl. The summed E-state index contributed by atoms with van der Waals surface area (Å²) in [5, 5.41) is 2.10. The molecule has 0 nitrogen and oxygen atoms in total. The van der Waals surface area contributed by atoms with E-state index < -0.39 is 3.25 Å². The van der Waals surface area contributed by atoms with E-state index >= 15 is 0 Å². The van der Waals surface area contributed by atoms with Crippen LogP contribution in [-0.4, -0.2) is 13.9 Å². The summed E-state index contributed by atoms with van der Waals surface area (Å²) in [7, 11) is 0. The predicted molar refractivity (Wildman–Crippen MR) is 53.7 cm³/mol. The Labute approximate surface area is 91.4 Å². The molecule has 0 bridgehead atoms. The van der Waals surface area contributed by atoms with E-state index in [1.54, 1.807) is 0 Å². The summed E-state index contributed by atoms with van der Waals surface area (Å²) in [5.41, 5.74) is 0. The molecule has 0 N–H and O–H groups in total. The molecule has 58 valence electrons. The molecule has 0 atom stereocenters. The van der Waals surface area contributed by atoms with Crippen molar-refractivity contribution in [1.82, 2.24) is 0 Å². The highest BCUT2D eigenvalue weighted by Gasteiger charge is 2.11. The number of rotatable bonds is 1. The Bertz CT molecular complexity index is 44.3. The van der Waals surface area contributed by atoms with Crippen molar-refractivity contribution in [3.05, 3.63) is 0 Å². The topological polar surface area (TPSA) is 0 Å². The minimum absolute atomic E-state index is 1.05. The summed E-state index contributed by atoms with van der Waals surface area (Å²) in [4.78, 5) is 0. The smallest absolute Gasteiger partial charge is 0.0919 e. The van der Waals surface area contributed by atoms with Crippen molar-refractivity contribution in [2.24, 2.45) is 0 Å². The van der Waals surface area contributed by atoms with Gasteiger partial charge in [-0.15, -0.1) is 0 Å². The van der Waals surface area contributed by atoms with Gasteiger partial charge in [0.25, 0.3) is 3.25 Å². The van der Waals surface area contributed by atoms with Crippen LogP contribution in [0.15, 0.2) is 0 Å². The molecule has 0 aromatic heterocycles. The first-order chi connectivity index (χ1) is 3.91. The van der Waals surface area contributed by atoms with Crippen LogP contribution >= 0.6 is 78.3 Å². The van der Waals surface area contributed by atoms with Crippen molar-refractivity contribution in [2.45, 2.75) is 3.25 Å². The van der Waals surface area contributed by atoms with Crippen LogP contribution in [0.3, 0.4) is 0 Å². The quantitative estimate of drug-likeness (QED) is 0.623. The van der Waals surface area contributed by atoms with Gasteiger partial charge >= 0.3 is 0 Å². The molecule has 0 heterocycles. The van der Waals surface area contributed by atoms with Crippen LogP contribution in [0.4, 0.5) is 0 Å². The van der Waals surface area contributed by atoms with Crippen molar-refractivity contribution in [3.63, 3.8) is 0 Å². The summed E-state index contributed by atoms with van der Waals surface area (Å²) in [5.74, 6) is 0. The maximum Gasteiger partial charge on any atom is 0.266 e. The summed E-state index contributed by atoms with van der Waals surface area (Å²) in [6, 6.07) is 0. The average Bonchev–Trinajstić information content (AvgIpc) is 1.61. The summed E-state index contributed by atoms with van der Waals surface area (Å²) in [6.45, 7) is 0. The van der Waals surface area contributed by atoms with Gasteiger partial charge in [0.2, 0.25) is 0 Å². The van der Waals surface area contributed by atoms with Crippen LogP contribution in [0.1, 0.15) is 0 Å². The normalized spacial score (nSPS) is 10.0. The van der Waals surface area contributed by atoms with Gasteiger partial charge in [-0.05, 0) is 0 Å². The first-order valence-electron chi connectivity index (χ1n) is 1.79. The third-order valence-electron chi connectivity index (χ3n) is 0.0714. The molecule has 0 aliphatic rings. The molecule has 0 radical (unpaired) electrons. The lowest BCUT2D eigenvalue weighted by atomic mass is 11.0. The monoisotopic (exact) mass is 338 g/mol. The van der Waals surface area contributed by atoms with Crippen molar-refractivity contribution in [3.8, 4) is 0 Å². The molecule has 0 aromatic carbocycles. The lowest BCUT2D eigenvalue weighted by molar-refractivity contribution is 1.62. The molecule has 0 unspecified atom stereocenters. The fourth-order valence-corrected chi connectivity index (χ4v) is 0. The second-order valence-electron chi connectivity index (χ2n) is 0.807. The third kappa shape index (κ3) is 68.5. The second-order valence-corrected chi connectivity index (χ2v) is 5.82. The van der Waals surface area contributed by atoms with Gasteiger partial charge in [-0.3, -0.25) is 0 Å². The van der Waals surface area contributed by atoms with Crippen molar-refractivity contribution in [2.75, 3.05) is 10.7 Å². The Morgan fingerprint density at radius 1 is 0.889 bits per heavy atom. The Balaban J connectivity index is 0. The zero-order valence-corrected chi connectivity index (χ0v) is 10.4. The predicted octanol–water partition coefficient (Wildman–Crippen LogP) is 4.33. The zero-order valence-electron chi connectivity index (χ0n) is 4.18. The lowest BCUT2D eigenvalue weighted by Gasteiger charge is -1.91. The van der Waals surface area contributed by atoms with Gasteiger partial charge in [-0.25, -0.2) is 0 Å². The van der Waals surface area contributed by atoms with Crippen molar-refractivity contribution in [1.29, 1.82) is 0 Å². The third-order valence-corrected chi connectivity index (χ3v) is 1.93. The number of hydrogen-bond acceptors (Lipinski definition) is 0. The summed E-state index contributed by atoms with van der Waals surface area (Å²) >= 11 is 25.7. The Hall–Kier alpha value is 2.12. The number of alkyl halides is 6. The molecule has 0 amide bonds. The van der Waals surface area contributed by atoms with Crippen LogP contribution in [0.25, 0.3) is 0 Å². The van der Waals surface area contributed by atoms with E-state index in [0.29, 0.717) is 0 Å². The van der Waals surface area contributed by atoms with E-state index in [2.05, 4.69) is 31.9 Å². The van der Waals surface area contributed by atoms with Gasteiger partial charge in [0, 0.05) is 10.7 Å². The molecule has 0 saturated carbocycles. The first kappa shape index (κ1) is 13.7. The van der Waals surface area contributed by atoms with E-state index in [1.165, 1.54) is 0 Å². The zero-order chi connectivity index (χ0) is 7.91.